The lowest BCUT2D eigenvalue weighted by Gasteiger charge is -1.88. The number of thiol groups is 2. The van der Waals surface area contributed by atoms with E-state index in [1.807, 2.05) is 0 Å². The summed E-state index contributed by atoms with van der Waals surface area (Å²) in [5, 5.41) is 23.2. The van der Waals surface area contributed by atoms with Gasteiger partial charge in [-0.1, -0.05) is 0 Å². The minimum absolute atomic E-state index is 0.0833. The predicted molar refractivity (Wildman–Crippen MR) is 44.1 cm³/mol. The molecule has 5 nitrogen and oxygen atoms in total. The second-order valence-corrected chi connectivity index (χ2v) is 2.07. The van der Waals surface area contributed by atoms with Gasteiger partial charge in [0.25, 0.3) is 0 Å². The van der Waals surface area contributed by atoms with Crippen LogP contribution in [0.2, 0.25) is 0 Å². The van der Waals surface area contributed by atoms with Gasteiger partial charge >= 0.3 is 11.9 Å². The van der Waals surface area contributed by atoms with E-state index in [1.54, 1.807) is 0 Å². The molecule has 0 bridgehead atoms. The molecule has 0 aliphatic rings. The molecular formula is C4H8O5S2. The molecule has 0 rings (SSSR count). The number of aliphatic hydroxyl groups is 1. The van der Waals surface area contributed by atoms with Gasteiger partial charge in [0.1, 0.15) is 0 Å². The minimum Gasteiger partial charge on any atom is -0.481 e. The fourth-order valence-electron chi connectivity index (χ4n) is 0. The highest BCUT2D eigenvalue weighted by molar-refractivity contribution is 7.81. The quantitative estimate of drug-likeness (QED) is 0.301. The maximum absolute atomic E-state index is 9.37. The van der Waals surface area contributed by atoms with E-state index in [0.717, 1.165) is 0 Å². The monoisotopic (exact) mass is 200 g/mol. The van der Waals surface area contributed by atoms with E-state index in [0.29, 0.717) is 0 Å². The Hall–Kier alpha value is -0.400. The van der Waals surface area contributed by atoms with Crippen LogP contribution in [-0.4, -0.2) is 38.4 Å². The normalized spacial score (nSPS) is 10.8. The number of hydrogen-bond acceptors (Lipinski definition) is 5. The molecule has 0 aliphatic carbocycles. The molecule has 0 aromatic heterocycles. The first-order valence-electron chi connectivity index (χ1n) is 2.33. The maximum atomic E-state index is 9.37. The van der Waals surface area contributed by atoms with Gasteiger partial charge in [-0.05, 0) is 0 Å². The lowest BCUT2D eigenvalue weighted by molar-refractivity contribution is -0.141. The summed E-state index contributed by atoms with van der Waals surface area (Å²) in [5.41, 5.74) is -1.54. The van der Waals surface area contributed by atoms with Crippen LogP contribution in [0.1, 0.15) is 0 Å². The summed E-state index contributed by atoms with van der Waals surface area (Å²) >= 11 is 6.56. The molecule has 3 N–H and O–H groups in total. The Labute approximate surface area is 73.9 Å². The first-order chi connectivity index (χ1) is 4.91. The molecule has 0 fully saturated rings. The molecule has 0 heterocycles. The molecule has 66 valence electrons. The van der Waals surface area contributed by atoms with Crippen LogP contribution in [0, 0.1) is 0 Å². The Balaban J connectivity index is 0. The Morgan fingerprint density at radius 1 is 1.36 bits per heavy atom. The SMILES string of the molecule is O=C(O)C(O)S.O=C(O)CS. The zero-order chi connectivity index (χ0) is 9.44. The summed E-state index contributed by atoms with van der Waals surface area (Å²) in [6, 6.07) is 0. The van der Waals surface area contributed by atoms with Gasteiger partial charge in [0.2, 0.25) is 0 Å². The molecule has 0 radical (unpaired) electrons. The maximum Gasteiger partial charge on any atom is 0.342 e. The third kappa shape index (κ3) is 17.7. The van der Waals surface area contributed by atoms with Crippen molar-refractivity contribution in [3.8, 4) is 0 Å². The molecule has 0 aromatic carbocycles. The van der Waals surface area contributed by atoms with E-state index in [-0.39, 0.29) is 5.75 Å². The summed E-state index contributed by atoms with van der Waals surface area (Å²) < 4.78 is 0. The van der Waals surface area contributed by atoms with E-state index in [4.69, 9.17) is 15.3 Å². The van der Waals surface area contributed by atoms with E-state index in [2.05, 4.69) is 25.3 Å². The Morgan fingerprint density at radius 2 is 1.55 bits per heavy atom. The molecule has 7 heteroatoms. The van der Waals surface area contributed by atoms with Crippen molar-refractivity contribution in [2.45, 2.75) is 5.44 Å². The van der Waals surface area contributed by atoms with Crippen molar-refractivity contribution < 1.29 is 24.9 Å². The molecule has 0 aliphatic heterocycles. The average Bonchev–Trinajstić information content (AvgIpc) is 1.89. The van der Waals surface area contributed by atoms with Crippen molar-refractivity contribution in [2.24, 2.45) is 0 Å². The third-order valence-corrected chi connectivity index (χ3v) is 0.848. The fraction of sp³-hybridized carbons (Fsp3) is 0.500. The van der Waals surface area contributed by atoms with E-state index in [9.17, 15) is 9.59 Å². The van der Waals surface area contributed by atoms with Gasteiger partial charge in [-0.15, -0.1) is 12.6 Å². The highest BCUT2D eigenvalue weighted by Crippen LogP contribution is 1.83. The Morgan fingerprint density at radius 3 is 1.55 bits per heavy atom. The lowest BCUT2D eigenvalue weighted by Crippen LogP contribution is -2.10. The summed E-state index contributed by atoms with van der Waals surface area (Å²) in [6.07, 6.45) is 0. The van der Waals surface area contributed by atoms with Gasteiger partial charge in [-0.3, -0.25) is 4.79 Å². The highest BCUT2D eigenvalue weighted by atomic mass is 32.1. The molecule has 0 aromatic rings. The summed E-state index contributed by atoms with van der Waals surface area (Å²) in [4.78, 5) is 18.7. The molecule has 1 unspecified atom stereocenters. The second-order valence-electron chi connectivity index (χ2n) is 1.26. The van der Waals surface area contributed by atoms with Gasteiger partial charge < -0.3 is 15.3 Å². The molecule has 0 amide bonds. The predicted octanol–water partition coefficient (Wildman–Crippen LogP) is -0.680. The zero-order valence-electron chi connectivity index (χ0n) is 5.34. The van der Waals surface area contributed by atoms with E-state index >= 15 is 0 Å². The van der Waals surface area contributed by atoms with Crippen molar-refractivity contribution in [2.75, 3.05) is 5.75 Å². The Kier molecular flexibility index (Phi) is 9.25. The second kappa shape index (κ2) is 7.70. The van der Waals surface area contributed by atoms with Crippen molar-refractivity contribution in [1.82, 2.24) is 0 Å². The van der Waals surface area contributed by atoms with Gasteiger partial charge in [-0.2, -0.15) is 12.6 Å². The molecule has 1 atom stereocenters. The summed E-state index contributed by atoms with van der Waals surface area (Å²) in [6.45, 7) is 0. The lowest BCUT2D eigenvalue weighted by atomic mass is 10.7. The van der Waals surface area contributed by atoms with Crippen LogP contribution in [0.4, 0.5) is 0 Å². The number of carboxylic acid groups (broad SMARTS) is 2. The van der Waals surface area contributed by atoms with Gasteiger partial charge in [0.05, 0.1) is 5.75 Å². The van der Waals surface area contributed by atoms with Crippen molar-refractivity contribution in [3.63, 3.8) is 0 Å². The van der Waals surface area contributed by atoms with Gasteiger partial charge in [-0.25, -0.2) is 4.79 Å². The Bertz CT molecular complexity index is 134. The van der Waals surface area contributed by atoms with E-state index in [1.165, 1.54) is 0 Å². The zero-order valence-corrected chi connectivity index (χ0v) is 7.13. The third-order valence-electron chi connectivity index (χ3n) is 0.356. The van der Waals surface area contributed by atoms with Crippen molar-refractivity contribution in [3.05, 3.63) is 0 Å². The first kappa shape index (κ1) is 13.2. The largest absolute Gasteiger partial charge is 0.481 e. The topological polar surface area (TPSA) is 94.8 Å². The van der Waals surface area contributed by atoms with Crippen LogP contribution in [0.15, 0.2) is 0 Å². The van der Waals surface area contributed by atoms with E-state index < -0.39 is 17.4 Å². The first-order valence-corrected chi connectivity index (χ1v) is 3.48. The van der Waals surface area contributed by atoms with Crippen LogP contribution in [0.3, 0.4) is 0 Å². The van der Waals surface area contributed by atoms with Crippen LogP contribution >= 0.6 is 25.3 Å². The molecular weight excluding hydrogens is 192 g/mol. The molecule has 0 saturated carbocycles. The summed E-state index contributed by atoms with van der Waals surface area (Å²) in [5.74, 6) is -2.29. The van der Waals surface area contributed by atoms with Crippen LogP contribution in [0.25, 0.3) is 0 Å². The minimum atomic E-state index is -1.54. The number of carboxylic acids is 2. The average molecular weight is 200 g/mol. The molecule has 11 heavy (non-hydrogen) atoms. The van der Waals surface area contributed by atoms with Gasteiger partial charge in [0.15, 0.2) is 5.44 Å². The van der Waals surface area contributed by atoms with Gasteiger partial charge in [0, 0.05) is 0 Å². The summed E-state index contributed by atoms with van der Waals surface area (Å²) in [7, 11) is 0. The number of aliphatic carboxylic acids is 2. The van der Waals surface area contributed by atoms with Crippen LogP contribution in [0.5, 0.6) is 0 Å². The number of hydrogen-bond donors (Lipinski definition) is 5. The fourth-order valence-corrected chi connectivity index (χ4v) is 0. The standard InChI is InChI=1S/C2H4O3S.C2H4O2S/c3-1(4)2(5)6;3-2(4)1-5/h2,5-6H,(H,3,4);5H,1H2,(H,3,4). The molecule has 0 spiro atoms. The van der Waals surface area contributed by atoms with Crippen molar-refractivity contribution in [1.29, 1.82) is 0 Å². The van der Waals surface area contributed by atoms with Crippen LogP contribution in [-0.2, 0) is 9.59 Å². The number of aliphatic hydroxyl groups excluding tert-OH is 1. The number of carbonyl (C=O) groups is 2. The number of rotatable bonds is 2. The van der Waals surface area contributed by atoms with Crippen LogP contribution < -0.4 is 0 Å². The smallest absolute Gasteiger partial charge is 0.342 e. The molecule has 0 saturated heterocycles. The van der Waals surface area contributed by atoms with Crippen molar-refractivity contribution >= 4 is 37.2 Å². The highest BCUT2D eigenvalue weighted by Gasteiger charge is 2.02.